The van der Waals surface area contributed by atoms with Gasteiger partial charge in [0.1, 0.15) is 10.9 Å². The fourth-order valence-electron chi connectivity index (χ4n) is 3.61. The normalized spacial score (nSPS) is 24.8. The number of sulfonamides is 1. The van der Waals surface area contributed by atoms with Crippen LogP contribution in [0.3, 0.4) is 0 Å². The highest BCUT2D eigenvalue weighted by Crippen LogP contribution is 2.51. The molecule has 122 valence electrons. The number of anilines is 1. The van der Waals surface area contributed by atoms with Crippen molar-refractivity contribution in [1.29, 1.82) is 5.26 Å². The number of allylic oxidation sites excluding steroid dienone is 2. The Morgan fingerprint density at radius 2 is 2.12 bits per heavy atom. The standard InChI is InChI=1S/C17H15N3O2S2/c18-9-10-4-7-16(23-10)17-13-3-1-2-12(13)14-8-11(24(19,21)22)5-6-15(14)20-17/h1-2,4-8,12-13,17,20H,3H2,(H2,19,21,22)/t12-,13+,17-/m0/s1. The highest BCUT2D eigenvalue weighted by molar-refractivity contribution is 7.89. The molecule has 0 bridgehead atoms. The number of rotatable bonds is 2. The van der Waals surface area contributed by atoms with Crippen molar-refractivity contribution in [3.05, 3.63) is 57.8 Å². The largest absolute Gasteiger partial charge is 0.377 e. The third-order valence-corrected chi connectivity index (χ3v) is 6.69. The fourth-order valence-corrected chi connectivity index (χ4v) is 5.09. The molecular weight excluding hydrogens is 342 g/mol. The van der Waals surface area contributed by atoms with E-state index in [1.54, 1.807) is 12.1 Å². The van der Waals surface area contributed by atoms with Gasteiger partial charge in [0.25, 0.3) is 0 Å². The molecule has 0 saturated carbocycles. The molecule has 4 rings (SSSR count). The molecule has 0 spiro atoms. The van der Waals surface area contributed by atoms with Gasteiger partial charge in [0.15, 0.2) is 0 Å². The quantitative estimate of drug-likeness (QED) is 0.807. The lowest BCUT2D eigenvalue weighted by Crippen LogP contribution is -2.28. The van der Waals surface area contributed by atoms with E-state index in [0.29, 0.717) is 10.8 Å². The lowest BCUT2D eigenvalue weighted by molar-refractivity contribution is 0.429. The molecule has 0 unspecified atom stereocenters. The lowest BCUT2D eigenvalue weighted by atomic mass is 9.79. The monoisotopic (exact) mass is 357 g/mol. The highest BCUT2D eigenvalue weighted by atomic mass is 32.2. The first-order chi connectivity index (χ1) is 11.5. The molecule has 0 amide bonds. The molecule has 1 aromatic heterocycles. The Morgan fingerprint density at radius 1 is 1.29 bits per heavy atom. The van der Waals surface area contributed by atoms with Gasteiger partial charge in [0.05, 0.1) is 10.9 Å². The average Bonchev–Trinajstić information content (AvgIpc) is 3.22. The van der Waals surface area contributed by atoms with Crippen LogP contribution in [0.4, 0.5) is 5.69 Å². The molecule has 7 heteroatoms. The van der Waals surface area contributed by atoms with E-state index >= 15 is 0 Å². The number of nitrogens with one attached hydrogen (secondary N) is 1. The van der Waals surface area contributed by atoms with Crippen molar-refractivity contribution in [3.63, 3.8) is 0 Å². The summed E-state index contributed by atoms with van der Waals surface area (Å²) < 4.78 is 23.3. The summed E-state index contributed by atoms with van der Waals surface area (Å²) in [6.07, 6.45) is 5.20. The van der Waals surface area contributed by atoms with E-state index in [9.17, 15) is 8.42 Å². The first kappa shape index (κ1) is 15.4. The molecule has 2 heterocycles. The van der Waals surface area contributed by atoms with E-state index < -0.39 is 10.0 Å². The van der Waals surface area contributed by atoms with Gasteiger partial charge < -0.3 is 5.32 Å². The minimum Gasteiger partial charge on any atom is -0.377 e. The topological polar surface area (TPSA) is 96.0 Å². The Kier molecular flexibility index (Phi) is 3.49. The van der Waals surface area contributed by atoms with E-state index in [2.05, 4.69) is 23.5 Å². The number of thiophene rings is 1. The minimum atomic E-state index is -3.72. The van der Waals surface area contributed by atoms with Crippen LogP contribution in [0, 0.1) is 17.2 Å². The lowest BCUT2D eigenvalue weighted by Gasteiger charge is -2.37. The minimum absolute atomic E-state index is 0.116. The van der Waals surface area contributed by atoms with Gasteiger partial charge in [-0.25, -0.2) is 13.6 Å². The molecule has 24 heavy (non-hydrogen) atoms. The maximum absolute atomic E-state index is 11.6. The SMILES string of the molecule is N#Cc1ccc([C@H]2Nc3ccc(S(N)(=O)=O)cc3[C@H]3C=CC[C@H]32)s1. The third kappa shape index (κ3) is 2.44. The number of nitriles is 1. The summed E-state index contributed by atoms with van der Waals surface area (Å²) >= 11 is 1.50. The summed E-state index contributed by atoms with van der Waals surface area (Å²) in [4.78, 5) is 1.97. The van der Waals surface area contributed by atoms with Crippen LogP contribution in [0.1, 0.15) is 33.7 Å². The second kappa shape index (κ2) is 5.45. The Balaban J connectivity index is 1.79. The number of hydrogen-bond acceptors (Lipinski definition) is 5. The summed E-state index contributed by atoms with van der Waals surface area (Å²) in [7, 11) is -3.72. The molecule has 1 aliphatic heterocycles. The van der Waals surface area contributed by atoms with Gasteiger partial charge in [-0.15, -0.1) is 11.3 Å². The molecule has 2 aromatic rings. The van der Waals surface area contributed by atoms with Crippen LogP contribution >= 0.6 is 11.3 Å². The van der Waals surface area contributed by atoms with E-state index in [1.165, 1.54) is 17.4 Å². The molecule has 1 aromatic carbocycles. The summed E-state index contributed by atoms with van der Waals surface area (Å²) in [5.74, 6) is 0.457. The number of fused-ring (bicyclic) bond motifs is 3. The van der Waals surface area contributed by atoms with Gasteiger partial charge in [-0.05, 0) is 48.2 Å². The van der Waals surface area contributed by atoms with Gasteiger partial charge in [-0.3, -0.25) is 0 Å². The average molecular weight is 357 g/mol. The van der Waals surface area contributed by atoms with Crippen LogP contribution in [-0.4, -0.2) is 8.42 Å². The van der Waals surface area contributed by atoms with Crippen LogP contribution < -0.4 is 10.5 Å². The van der Waals surface area contributed by atoms with Crippen LogP contribution in [-0.2, 0) is 10.0 Å². The maximum atomic E-state index is 11.6. The number of primary sulfonamides is 1. The van der Waals surface area contributed by atoms with E-state index in [1.807, 2.05) is 12.1 Å². The van der Waals surface area contributed by atoms with Gasteiger partial charge in [-0.2, -0.15) is 5.26 Å². The van der Waals surface area contributed by atoms with Crippen molar-refractivity contribution in [2.45, 2.75) is 23.3 Å². The van der Waals surface area contributed by atoms with Crippen LogP contribution in [0.2, 0.25) is 0 Å². The van der Waals surface area contributed by atoms with Gasteiger partial charge in [0, 0.05) is 16.5 Å². The molecule has 3 atom stereocenters. The van der Waals surface area contributed by atoms with Gasteiger partial charge >= 0.3 is 0 Å². The van der Waals surface area contributed by atoms with Crippen molar-refractivity contribution in [2.75, 3.05) is 5.32 Å². The van der Waals surface area contributed by atoms with Crippen molar-refractivity contribution in [1.82, 2.24) is 0 Å². The molecule has 1 aliphatic carbocycles. The molecule has 3 N–H and O–H groups in total. The first-order valence-corrected chi connectivity index (χ1v) is 9.93. The number of nitrogens with zero attached hydrogens (tertiary/aromatic N) is 1. The zero-order valence-corrected chi connectivity index (χ0v) is 14.3. The number of benzene rings is 1. The van der Waals surface area contributed by atoms with Gasteiger partial charge in [0.2, 0.25) is 10.0 Å². The van der Waals surface area contributed by atoms with Crippen molar-refractivity contribution >= 4 is 27.0 Å². The van der Waals surface area contributed by atoms with E-state index in [0.717, 1.165) is 22.5 Å². The summed E-state index contributed by atoms with van der Waals surface area (Å²) in [6.45, 7) is 0. The molecule has 0 saturated heterocycles. The molecule has 2 aliphatic rings. The smallest absolute Gasteiger partial charge is 0.238 e. The summed E-state index contributed by atoms with van der Waals surface area (Å²) in [5, 5.41) is 17.9. The zero-order valence-electron chi connectivity index (χ0n) is 12.6. The number of nitrogens with two attached hydrogens (primary N) is 1. The predicted molar refractivity (Wildman–Crippen MR) is 93.2 cm³/mol. The van der Waals surface area contributed by atoms with Crippen molar-refractivity contribution in [2.24, 2.45) is 11.1 Å². The predicted octanol–water partition coefficient (Wildman–Crippen LogP) is 3.09. The summed E-state index contributed by atoms with van der Waals surface area (Å²) in [5.41, 5.74) is 1.89. The Bertz CT molecular complexity index is 986. The van der Waals surface area contributed by atoms with E-state index in [-0.39, 0.29) is 16.9 Å². The third-order valence-electron chi connectivity index (χ3n) is 4.71. The Labute approximate surface area is 144 Å². The highest BCUT2D eigenvalue weighted by Gasteiger charge is 2.38. The molecule has 5 nitrogen and oxygen atoms in total. The fraction of sp³-hybridized carbons (Fsp3) is 0.235. The first-order valence-electron chi connectivity index (χ1n) is 7.57. The molecule has 0 radical (unpaired) electrons. The second-order valence-corrected chi connectivity index (χ2v) is 8.76. The zero-order chi connectivity index (χ0) is 16.9. The van der Waals surface area contributed by atoms with E-state index in [4.69, 9.17) is 10.4 Å². The number of hydrogen-bond donors (Lipinski definition) is 2. The van der Waals surface area contributed by atoms with Crippen LogP contribution in [0.15, 0.2) is 47.4 Å². The van der Waals surface area contributed by atoms with Gasteiger partial charge in [-0.1, -0.05) is 12.2 Å². The van der Waals surface area contributed by atoms with Crippen LogP contribution in [0.5, 0.6) is 0 Å². The Morgan fingerprint density at radius 3 is 2.83 bits per heavy atom. The van der Waals surface area contributed by atoms with Crippen molar-refractivity contribution in [3.8, 4) is 6.07 Å². The van der Waals surface area contributed by atoms with Crippen molar-refractivity contribution < 1.29 is 8.42 Å². The molecular formula is C17H15N3O2S2. The maximum Gasteiger partial charge on any atom is 0.238 e. The second-order valence-electron chi connectivity index (χ2n) is 6.08. The Hall–Kier alpha value is -2.14. The summed E-state index contributed by atoms with van der Waals surface area (Å²) in [6, 6.07) is 11.1. The van der Waals surface area contributed by atoms with Crippen LogP contribution in [0.25, 0.3) is 0 Å². The molecule has 0 fully saturated rings.